The number of phenols is 1. The predicted molar refractivity (Wildman–Crippen MR) is 59.2 cm³/mol. The quantitative estimate of drug-likeness (QED) is 0.836. The van der Waals surface area contributed by atoms with Gasteiger partial charge in [0.1, 0.15) is 5.75 Å². The Balaban J connectivity index is 2.98. The monoisotopic (exact) mass is 269 g/mol. The summed E-state index contributed by atoms with van der Waals surface area (Å²) in [5.41, 5.74) is 0.777. The number of fused-ring (bicyclic) bond motifs is 1. The van der Waals surface area contributed by atoms with Crippen LogP contribution < -0.4 is 0 Å². The molecule has 0 saturated carbocycles. The zero-order valence-corrected chi connectivity index (χ0v) is 9.45. The number of nitrogens with zero attached hydrogens (tertiary/aromatic N) is 1. The third-order valence-electron chi connectivity index (χ3n) is 2.28. The average Bonchev–Trinajstić information content (AvgIpc) is 2.51. The van der Waals surface area contributed by atoms with Crippen LogP contribution in [0.25, 0.3) is 10.9 Å². The number of aromatic nitrogens is 1. The minimum absolute atomic E-state index is 0.0220. The van der Waals surface area contributed by atoms with Crippen LogP contribution in [0, 0.1) is 0 Å². The Morgan fingerprint density at radius 1 is 1.47 bits per heavy atom. The van der Waals surface area contributed by atoms with E-state index in [0.717, 1.165) is 4.47 Å². The molecule has 5 heteroatoms. The van der Waals surface area contributed by atoms with Crippen LogP contribution in [0.2, 0.25) is 0 Å². The van der Waals surface area contributed by atoms with Crippen molar-refractivity contribution in [2.45, 2.75) is 0 Å². The molecule has 1 aromatic heterocycles. The number of hydrogen-bond acceptors (Lipinski definition) is 2. The molecule has 1 aromatic carbocycles. The lowest BCUT2D eigenvalue weighted by atomic mass is 10.1. The van der Waals surface area contributed by atoms with Gasteiger partial charge in [-0.05, 0) is 28.1 Å². The zero-order valence-electron chi connectivity index (χ0n) is 7.86. The molecule has 0 spiro atoms. The van der Waals surface area contributed by atoms with Crippen LogP contribution in [-0.2, 0) is 7.05 Å². The van der Waals surface area contributed by atoms with Crippen LogP contribution in [0.15, 0.2) is 22.8 Å². The summed E-state index contributed by atoms with van der Waals surface area (Å²) in [6.45, 7) is 0. The standard InChI is InChI=1S/C10H8BrNO3/c1-12-4-5(10(14)15)8-7(13)3-2-6(11)9(8)12/h2-4,13H,1H3,(H,14,15). The minimum atomic E-state index is -1.05. The van der Waals surface area contributed by atoms with Crippen LogP contribution in [0.1, 0.15) is 10.4 Å². The number of carboxylic acid groups (broad SMARTS) is 1. The van der Waals surface area contributed by atoms with E-state index in [0.29, 0.717) is 10.9 Å². The number of benzene rings is 1. The van der Waals surface area contributed by atoms with E-state index in [1.54, 1.807) is 17.7 Å². The highest BCUT2D eigenvalue weighted by Crippen LogP contribution is 2.34. The molecule has 0 aliphatic heterocycles. The lowest BCUT2D eigenvalue weighted by Crippen LogP contribution is -1.94. The summed E-state index contributed by atoms with van der Waals surface area (Å²) in [6.07, 6.45) is 1.48. The van der Waals surface area contributed by atoms with Gasteiger partial charge in [-0.15, -0.1) is 0 Å². The van der Waals surface area contributed by atoms with Gasteiger partial charge in [-0.3, -0.25) is 0 Å². The predicted octanol–water partition coefficient (Wildman–Crippen LogP) is 2.34. The number of hydrogen-bond donors (Lipinski definition) is 2. The molecular weight excluding hydrogens is 262 g/mol. The Morgan fingerprint density at radius 2 is 2.13 bits per heavy atom. The van der Waals surface area contributed by atoms with Crippen molar-refractivity contribution < 1.29 is 15.0 Å². The van der Waals surface area contributed by atoms with Crippen molar-refractivity contribution in [3.8, 4) is 5.75 Å². The van der Waals surface area contributed by atoms with Gasteiger partial charge in [0.15, 0.2) is 0 Å². The second-order valence-electron chi connectivity index (χ2n) is 3.25. The molecule has 0 atom stereocenters. The van der Waals surface area contributed by atoms with Gasteiger partial charge in [0, 0.05) is 17.7 Å². The molecule has 2 N–H and O–H groups in total. The molecule has 15 heavy (non-hydrogen) atoms. The van der Waals surface area contributed by atoms with Crippen LogP contribution in [0.5, 0.6) is 5.75 Å². The first-order valence-corrected chi connectivity index (χ1v) is 5.01. The molecule has 0 aliphatic carbocycles. The molecule has 2 rings (SSSR count). The molecule has 0 unspecified atom stereocenters. The van der Waals surface area contributed by atoms with Crippen molar-refractivity contribution in [2.75, 3.05) is 0 Å². The van der Waals surface area contributed by atoms with Gasteiger partial charge in [-0.2, -0.15) is 0 Å². The molecule has 2 aromatic rings. The Morgan fingerprint density at radius 3 is 2.73 bits per heavy atom. The smallest absolute Gasteiger partial charge is 0.338 e. The van der Waals surface area contributed by atoms with Gasteiger partial charge < -0.3 is 14.8 Å². The molecule has 1 heterocycles. The molecule has 0 radical (unpaired) electrons. The Labute approximate surface area is 93.9 Å². The minimum Gasteiger partial charge on any atom is -0.507 e. The van der Waals surface area contributed by atoms with Gasteiger partial charge in [0.2, 0.25) is 0 Å². The van der Waals surface area contributed by atoms with E-state index in [1.807, 2.05) is 0 Å². The second kappa shape index (κ2) is 3.27. The maximum absolute atomic E-state index is 11.0. The summed E-state index contributed by atoms with van der Waals surface area (Å²) < 4.78 is 2.42. The van der Waals surface area contributed by atoms with E-state index in [1.165, 1.54) is 12.3 Å². The van der Waals surface area contributed by atoms with Crippen LogP contribution in [0.4, 0.5) is 0 Å². The van der Waals surface area contributed by atoms with Crippen molar-refractivity contribution in [1.82, 2.24) is 4.57 Å². The van der Waals surface area contributed by atoms with E-state index in [-0.39, 0.29) is 11.3 Å². The SMILES string of the molecule is Cn1cc(C(=O)O)c2c(O)ccc(Br)c21. The fourth-order valence-corrected chi connectivity index (χ4v) is 2.26. The number of carboxylic acids is 1. The van der Waals surface area contributed by atoms with E-state index in [2.05, 4.69) is 15.9 Å². The first-order chi connectivity index (χ1) is 7.02. The zero-order chi connectivity index (χ0) is 11.2. The Hall–Kier alpha value is -1.49. The van der Waals surface area contributed by atoms with E-state index in [4.69, 9.17) is 5.11 Å². The molecule has 0 fully saturated rings. The summed E-state index contributed by atoms with van der Waals surface area (Å²) >= 11 is 3.32. The largest absolute Gasteiger partial charge is 0.507 e. The topological polar surface area (TPSA) is 62.5 Å². The van der Waals surface area contributed by atoms with Crippen molar-refractivity contribution >= 4 is 32.8 Å². The van der Waals surface area contributed by atoms with Gasteiger partial charge in [-0.25, -0.2) is 4.79 Å². The number of aromatic carboxylic acids is 1. The maximum Gasteiger partial charge on any atom is 0.338 e. The fraction of sp³-hybridized carbons (Fsp3) is 0.100. The van der Waals surface area contributed by atoms with Gasteiger partial charge in [0.05, 0.1) is 16.5 Å². The summed E-state index contributed by atoms with van der Waals surface area (Å²) in [4.78, 5) is 11.0. The van der Waals surface area contributed by atoms with Gasteiger partial charge >= 0.3 is 5.97 Å². The second-order valence-corrected chi connectivity index (χ2v) is 4.10. The number of phenolic OH excluding ortho intramolecular Hbond substituents is 1. The van der Waals surface area contributed by atoms with Crippen molar-refractivity contribution in [1.29, 1.82) is 0 Å². The van der Waals surface area contributed by atoms with Gasteiger partial charge in [-0.1, -0.05) is 0 Å². The normalized spacial score (nSPS) is 10.8. The number of carbonyl (C=O) groups is 1. The average molecular weight is 270 g/mol. The van der Waals surface area contributed by atoms with Crippen LogP contribution in [-0.4, -0.2) is 20.7 Å². The number of halogens is 1. The third-order valence-corrected chi connectivity index (χ3v) is 2.92. The van der Waals surface area contributed by atoms with E-state index >= 15 is 0 Å². The summed E-state index contributed by atoms with van der Waals surface area (Å²) in [7, 11) is 1.74. The third kappa shape index (κ3) is 1.39. The van der Waals surface area contributed by atoms with E-state index in [9.17, 15) is 9.90 Å². The molecule has 78 valence electrons. The van der Waals surface area contributed by atoms with Crippen LogP contribution >= 0.6 is 15.9 Å². The lowest BCUT2D eigenvalue weighted by Gasteiger charge is -2.01. The summed E-state index contributed by atoms with van der Waals surface area (Å²) in [5, 5.41) is 19.0. The molecule has 0 amide bonds. The highest BCUT2D eigenvalue weighted by Gasteiger charge is 2.17. The molecule has 4 nitrogen and oxygen atoms in total. The molecule has 0 aliphatic rings. The number of aryl methyl sites for hydroxylation is 1. The fourth-order valence-electron chi connectivity index (χ4n) is 1.65. The van der Waals surface area contributed by atoms with Crippen LogP contribution in [0.3, 0.4) is 0 Å². The first kappa shape index (κ1) is 10.0. The highest BCUT2D eigenvalue weighted by atomic mass is 79.9. The van der Waals surface area contributed by atoms with Crippen molar-refractivity contribution in [2.24, 2.45) is 7.05 Å². The first-order valence-electron chi connectivity index (χ1n) is 4.22. The lowest BCUT2D eigenvalue weighted by molar-refractivity contribution is 0.0698. The van der Waals surface area contributed by atoms with Crippen molar-refractivity contribution in [3.63, 3.8) is 0 Å². The molecule has 0 saturated heterocycles. The summed E-state index contributed by atoms with van der Waals surface area (Å²) in [6, 6.07) is 3.15. The summed E-state index contributed by atoms with van der Waals surface area (Å²) in [5.74, 6) is -1.07. The molecule has 0 bridgehead atoms. The number of rotatable bonds is 1. The van der Waals surface area contributed by atoms with Crippen molar-refractivity contribution in [3.05, 3.63) is 28.4 Å². The maximum atomic E-state index is 11.0. The number of aromatic hydroxyl groups is 1. The van der Waals surface area contributed by atoms with E-state index < -0.39 is 5.97 Å². The highest BCUT2D eigenvalue weighted by molar-refractivity contribution is 9.10. The Kier molecular flexibility index (Phi) is 2.19. The van der Waals surface area contributed by atoms with Gasteiger partial charge in [0.25, 0.3) is 0 Å². The Bertz CT molecular complexity index is 559. The molecular formula is C10H8BrNO3.